The van der Waals surface area contributed by atoms with Gasteiger partial charge in [0.2, 0.25) is 0 Å². The van der Waals surface area contributed by atoms with Crippen LogP contribution < -0.4 is 10.5 Å². The molecule has 3 N–H and O–H groups in total. The van der Waals surface area contributed by atoms with Gasteiger partial charge in [0.15, 0.2) is 0 Å². The Kier molecular flexibility index (Phi) is 3.51. The number of benzene rings is 2. The lowest BCUT2D eigenvalue weighted by atomic mass is 10.1. The van der Waals surface area contributed by atoms with Crippen LogP contribution in [0.3, 0.4) is 0 Å². The highest BCUT2D eigenvalue weighted by Crippen LogP contribution is 2.19. The van der Waals surface area contributed by atoms with Crippen LogP contribution in [-0.4, -0.2) is 10.8 Å². The molecule has 1 heterocycles. The normalized spacial score (nSPS) is 10.5. The summed E-state index contributed by atoms with van der Waals surface area (Å²) >= 11 is 0. The number of rotatable bonds is 4. The summed E-state index contributed by atoms with van der Waals surface area (Å²) in [6.07, 6.45) is 1.77. The second kappa shape index (κ2) is 5.63. The number of aromatic nitrogens is 1. The largest absolute Gasteiger partial charge is 0.489 e. The van der Waals surface area contributed by atoms with E-state index in [9.17, 15) is 0 Å². The number of pyridine rings is 1. The summed E-state index contributed by atoms with van der Waals surface area (Å²) in [5.41, 5.74) is 8.09. The molecular formula is C17H15N3O. The van der Waals surface area contributed by atoms with Crippen LogP contribution in [-0.2, 0) is 6.61 Å². The second-order valence-electron chi connectivity index (χ2n) is 4.76. The molecule has 21 heavy (non-hydrogen) atoms. The molecule has 4 nitrogen and oxygen atoms in total. The Labute approximate surface area is 122 Å². The van der Waals surface area contributed by atoms with Crippen LogP contribution in [0.1, 0.15) is 11.1 Å². The average molecular weight is 277 g/mol. The maximum absolute atomic E-state index is 7.36. The molecule has 104 valence electrons. The van der Waals surface area contributed by atoms with E-state index in [1.807, 2.05) is 54.6 Å². The van der Waals surface area contributed by atoms with Crippen molar-refractivity contribution in [2.75, 3.05) is 0 Å². The molecule has 0 bridgehead atoms. The van der Waals surface area contributed by atoms with Crippen molar-refractivity contribution < 1.29 is 4.74 Å². The van der Waals surface area contributed by atoms with Crippen molar-refractivity contribution in [3.63, 3.8) is 0 Å². The number of nitrogen functional groups attached to an aromatic ring is 1. The molecule has 0 aliphatic heterocycles. The molecular weight excluding hydrogens is 262 g/mol. The minimum absolute atomic E-state index is 0.0723. The van der Waals surface area contributed by atoms with E-state index in [1.54, 1.807) is 6.20 Å². The first-order valence-corrected chi connectivity index (χ1v) is 6.63. The van der Waals surface area contributed by atoms with Gasteiger partial charge in [-0.25, -0.2) is 0 Å². The highest BCUT2D eigenvalue weighted by atomic mass is 16.5. The Morgan fingerprint density at radius 3 is 2.67 bits per heavy atom. The average Bonchev–Trinajstić information content (AvgIpc) is 2.53. The Morgan fingerprint density at radius 2 is 1.90 bits per heavy atom. The van der Waals surface area contributed by atoms with Gasteiger partial charge in [0.1, 0.15) is 18.2 Å². The molecule has 3 rings (SSSR count). The van der Waals surface area contributed by atoms with E-state index in [4.69, 9.17) is 15.9 Å². The molecule has 1 aromatic heterocycles. The Morgan fingerprint density at radius 1 is 1.10 bits per heavy atom. The highest BCUT2D eigenvalue weighted by Gasteiger charge is 2.00. The van der Waals surface area contributed by atoms with E-state index in [-0.39, 0.29) is 5.84 Å². The first kappa shape index (κ1) is 13.1. The smallest absolute Gasteiger partial charge is 0.122 e. The standard InChI is InChI=1S/C17H15N3O/c18-17(19)14-5-3-12(4-6-14)11-21-15-8-7-13-2-1-9-20-16(13)10-15/h1-10H,11H2,(H3,18,19). The van der Waals surface area contributed by atoms with Crippen LogP contribution in [0.4, 0.5) is 0 Å². The van der Waals surface area contributed by atoms with E-state index < -0.39 is 0 Å². The molecule has 0 saturated carbocycles. The number of amidine groups is 1. The lowest BCUT2D eigenvalue weighted by Gasteiger charge is -2.08. The zero-order valence-corrected chi connectivity index (χ0v) is 11.4. The molecule has 4 heteroatoms. The van der Waals surface area contributed by atoms with E-state index in [0.717, 1.165) is 22.2 Å². The number of hydrogen-bond acceptors (Lipinski definition) is 3. The monoisotopic (exact) mass is 277 g/mol. The third-order valence-electron chi connectivity index (χ3n) is 3.25. The van der Waals surface area contributed by atoms with E-state index in [1.165, 1.54) is 0 Å². The van der Waals surface area contributed by atoms with Gasteiger partial charge in [-0.3, -0.25) is 10.4 Å². The van der Waals surface area contributed by atoms with Gasteiger partial charge in [0.05, 0.1) is 5.52 Å². The van der Waals surface area contributed by atoms with E-state index in [2.05, 4.69) is 4.98 Å². The number of nitrogens with two attached hydrogens (primary N) is 1. The SMILES string of the molecule is N=C(N)c1ccc(COc2ccc3cccnc3c2)cc1. The Hall–Kier alpha value is -2.88. The summed E-state index contributed by atoms with van der Waals surface area (Å²) < 4.78 is 5.78. The summed E-state index contributed by atoms with van der Waals surface area (Å²) in [5.74, 6) is 0.861. The zero-order valence-electron chi connectivity index (χ0n) is 11.4. The number of nitrogens with one attached hydrogen (secondary N) is 1. The van der Waals surface area contributed by atoms with Crippen LogP contribution in [0.25, 0.3) is 10.9 Å². The maximum atomic E-state index is 7.36. The van der Waals surface area contributed by atoms with Crippen LogP contribution in [0.5, 0.6) is 5.75 Å². The van der Waals surface area contributed by atoms with Gasteiger partial charge < -0.3 is 10.5 Å². The minimum Gasteiger partial charge on any atom is -0.489 e. The van der Waals surface area contributed by atoms with Crippen LogP contribution in [0, 0.1) is 5.41 Å². The van der Waals surface area contributed by atoms with Crippen LogP contribution >= 0.6 is 0 Å². The molecule has 0 amide bonds. The van der Waals surface area contributed by atoms with Crippen molar-refractivity contribution in [2.45, 2.75) is 6.61 Å². The quantitative estimate of drug-likeness (QED) is 0.568. The third kappa shape index (κ3) is 3.00. The topological polar surface area (TPSA) is 72.0 Å². The van der Waals surface area contributed by atoms with E-state index >= 15 is 0 Å². The number of nitrogens with zero attached hydrogens (tertiary/aromatic N) is 1. The molecule has 0 aliphatic carbocycles. The minimum atomic E-state index is 0.0723. The molecule has 2 aromatic carbocycles. The molecule has 0 spiro atoms. The Balaban J connectivity index is 1.72. The number of hydrogen-bond donors (Lipinski definition) is 2. The highest BCUT2D eigenvalue weighted by molar-refractivity contribution is 5.94. The molecule has 0 aliphatic rings. The lowest BCUT2D eigenvalue weighted by molar-refractivity contribution is 0.306. The van der Waals surface area contributed by atoms with Gasteiger partial charge in [-0.15, -0.1) is 0 Å². The zero-order chi connectivity index (χ0) is 14.7. The summed E-state index contributed by atoms with van der Waals surface area (Å²) in [6, 6.07) is 17.3. The molecule has 0 radical (unpaired) electrons. The first-order valence-electron chi connectivity index (χ1n) is 6.63. The summed E-state index contributed by atoms with van der Waals surface area (Å²) in [7, 11) is 0. The van der Waals surface area contributed by atoms with Gasteiger partial charge in [-0.05, 0) is 23.8 Å². The molecule has 0 unspecified atom stereocenters. The fourth-order valence-corrected chi connectivity index (χ4v) is 2.08. The predicted octanol–water partition coefficient (Wildman–Crippen LogP) is 3.10. The fourth-order valence-electron chi connectivity index (χ4n) is 2.08. The van der Waals surface area contributed by atoms with Crippen molar-refractivity contribution in [3.8, 4) is 5.75 Å². The van der Waals surface area contributed by atoms with Gasteiger partial charge in [-0.1, -0.05) is 30.3 Å². The van der Waals surface area contributed by atoms with Crippen LogP contribution in [0.15, 0.2) is 60.8 Å². The third-order valence-corrected chi connectivity index (χ3v) is 3.25. The maximum Gasteiger partial charge on any atom is 0.122 e. The first-order chi connectivity index (χ1) is 10.2. The number of ether oxygens (including phenoxy) is 1. The van der Waals surface area contributed by atoms with Crippen molar-refractivity contribution in [1.82, 2.24) is 4.98 Å². The van der Waals surface area contributed by atoms with Crippen molar-refractivity contribution in [3.05, 3.63) is 71.9 Å². The summed E-state index contributed by atoms with van der Waals surface area (Å²) in [4.78, 5) is 4.31. The lowest BCUT2D eigenvalue weighted by Crippen LogP contribution is -2.10. The van der Waals surface area contributed by atoms with Gasteiger partial charge in [-0.2, -0.15) is 0 Å². The Bertz CT molecular complexity index is 781. The van der Waals surface area contributed by atoms with E-state index in [0.29, 0.717) is 12.2 Å². The molecule has 3 aromatic rings. The number of fused-ring (bicyclic) bond motifs is 1. The molecule has 0 fully saturated rings. The predicted molar refractivity (Wildman–Crippen MR) is 83.5 cm³/mol. The van der Waals surface area contributed by atoms with Crippen molar-refractivity contribution >= 4 is 16.7 Å². The van der Waals surface area contributed by atoms with Crippen molar-refractivity contribution in [1.29, 1.82) is 5.41 Å². The summed E-state index contributed by atoms with van der Waals surface area (Å²) in [5, 5.41) is 8.45. The van der Waals surface area contributed by atoms with Crippen molar-refractivity contribution in [2.24, 2.45) is 5.73 Å². The van der Waals surface area contributed by atoms with Crippen LogP contribution in [0.2, 0.25) is 0 Å². The molecule has 0 saturated heterocycles. The fraction of sp³-hybridized carbons (Fsp3) is 0.0588. The second-order valence-corrected chi connectivity index (χ2v) is 4.76. The van der Waals surface area contributed by atoms with Gasteiger partial charge in [0, 0.05) is 23.2 Å². The molecule has 0 atom stereocenters. The summed E-state index contributed by atoms with van der Waals surface area (Å²) in [6.45, 7) is 0.469. The van der Waals surface area contributed by atoms with Gasteiger partial charge in [0.25, 0.3) is 0 Å². The van der Waals surface area contributed by atoms with Gasteiger partial charge >= 0.3 is 0 Å².